The van der Waals surface area contributed by atoms with E-state index in [0.29, 0.717) is 19.0 Å². The molecule has 192 valence electrons. The quantitative estimate of drug-likeness (QED) is 0.167. The molecule has 0 fully saturated rings. The Morgan fingerprint density at radius 3 is 2.03 bits per heavy atom. The Hall–Kier alpha value is -1.22. The number of nitrogens with zero attached hydrogens (tertiary/aromatic N) is 1. The van der Waals surface area contributed by atoms with Gasteiger partial charge in [-0.2, -0.15) is 0 Å². The summed E-state index contributed by atoms with van der Waals surface area (Å²) >= 11 is 0. The van der Waals surface area contributed by atoms with Gasteiger partial charge in [0.1, 0.15) is 5.75 Å². The minimum Gasteiger partial charge on any atom is -0.493 e. The van der Waals surface area contributed by atoms with Gasteiger partial charge >= 0.3 is 0 Å². The van der Waals surface area contributed by atoms with Crippen molar-refractivity contribution in [3.8, 4) is 5.75 Å². The van der Waals surface area contributed by atoms with Crippen LogP contribution in [-0.2, 0) is 13.1 Å². The summed E-state index contributed by atoms with van der Waals surface area (Å²) in [4.78, 5) is 2.46. The molecule has 7 heteroatoms. The molecular formula is C26H52N6O. The Labute approximate surface area is 203 Å². The third-order valence-electron chi connectivity index (χ3n) is 6.02. The second kappa shape index (κ2) is 20.2. The second-order valence-corrected chi connectivity index (χ2v) is 8.96. The Balaban J connectivity index is 2.74. The highest BCUT2D eigenvalue weighted by molar-refractivity contribution is 5.34. The van der Waals surface area contributed by atoms with E-state index in [2.05, 4.69) is 47.6 Å². The van der Waals surface area contributed by atoms with Gasteiger partial charge in [0.15, 0.2) is 0 Å². The normalized spacial score (nSPS) is 11.6. The van der Waals surface area contributed by atoms with Crippen molar-refractivity contribution < 1.29 is 4.74 Å². The summed E-state index contributed by atoms with van der Waals surface area (Å²) in [6.45, 7) is 14.2. The minimum atomic E-state index is 0.604. The molecule has 0 bridgehead atoms. The first kappa shape index (κ1) is 29.8. The van der Waals surface area contributed by atoms with Gasteiger partial charge in [0.05, 0.1) is 6.61 Å². The molecule has 0 aromatic heterocycles. The zero-order chi connectivity index (χ0) is 24.2. The predicted molar refractivity (Wildman–Crippen MR) is 141 cm³/mol. The van der Waals surface area contributed by atoms with Crippen LogP contribution in [0.4, 0.5) is 0 Å². The number of nitrogens with one attached hydrogen (secondary N) is 2. The third-order valence-corrected chi connectivity index (χ3v) is 6.02. The van der Waals surface area contributed by atoms with Crippen LogP contribution in [0.2, 0.25) is 0 Å². The summed E-state index contributed by atoms with van der Waals surface area (Å²) in [5.74, 6) is 1.59. The van der Waals surface area contributed by atoms with Crippen LogP contribution in [0.5, 0.6) is 5.75 Å². The summed E-state index contributed by atoms with van der Waals surface area (Å²) in [6, 6.07) is 6.72. The second-order valence-electron chi connectivity index (χ2n) is 8.96. The predicted octanol–water partition coefficient (Wildman–Crippen LogP) is 2.42. The average molecular weight is 465 g/mol. The lowest BCUT2D eigenvalue weighted by atomic mass is 10.1. The van der Waals surface area contributed by atoms with Crippen LogP contribution in [0.1, 0.15) is 63.5 Å². The molecule has 33 heavy (non-hydrogen) atoms. The molecule has 0 unspecified atom stereocenters. The molecule has 0 radical (unpaired) electrons. The largest absolute Gasteiger partial charge is 0.493 e. The lowest BCUT2D eigenvalue weighted by Gasteiger charge is -2.23. The highest BCUT2D eigenvalue weighted by Crippen LogP contribution is 2.21. The molecule has 0 atom stereocenters. The van der Waals surface area contributed by atoms with Crippen LogP contribution in [-0.4, -0.2) is 63.9 Å². The maximum Gasteiger partial charge on any atom is 0.119 e. The van der Waals surface area contributed by atoms with E-state index in [1.165, 1.54) is 11.1 Å². The average Bonchev–Trinajstić information content (AvgIpc) is 2.83. The van der Waals surface area contributed by atoms with E-state index in [0.717, 1.165) is 103 Å². The molecule has 1 aromatic rings. The summed E-state index contributed by atoms with van der Waals surface area (Å²) in [5.41, 5.74) is 19.6. The molecule has 0 aliphatic heterocycles. The summed E-state index contributed by atoms with van der Waals surface area (Å²) < 4.78 is 6.25. The standard InChI is InChI=1S/C26H52N6O/c1-3-23(4-2)22-33-26-18-24(20-31-14-8-13-30-12-5-9-27)17-25(19-26)21-32(15-6-10-28)16-7-11-29/h17-19,23,30-31H,3-16,20-22,27-29H2,1-2H3. The first-order valence-corrected chi connectivity index (χ1v) is 13.2. The van der Waals surface area contributed by atoms with Gasteiger partial charge in [-0.3, -0.25) is 4.90 Å². The highest BCUT2D eigenvalue weighted by atomic mass is 16.5. The lowest BCUT2D eigenvalue weighted by Crippen LogP contribution is -2.28. The lowest BCUT2D eigenvalue weighted by molar-refractivity contribution is 0.238. The highest BCUT2D eigenvalue weighted by Gasteiger charge is 2.10. The van der Waals surface area contributed by atoms with Gasteiger partial charge in [0.25, 0.3) is 0 Å². The van der Waals surface area contributed by atoms with Crippen LogP contribution in [0, 0.1) is 5.92 Å². The third kappa shape index (κ3) is 14.6. The van der Waals surface area contributed by atoms with Crippen molar-refractivity contribution >= 4 is 0 Å². The summed E-state index contributed by atoms with van der Waals surface area (Å²) in [5, 5.41) is 7.02. The fourth-order valence-corrected chi connectivity index (χ4v) is 3.82. The molecule has 0 aliphatic rings. The molecule has 7 nitrogen and oxygen atoms in total. The number of benzene rings is 1. The fraction of sp³-hybridized carbons (Fsp3) is 0.769. The number of rotatable bonds is 22. The molecule has 0 saturated heterocycles. The van der Waals surface area contributed by atoms with Gasteiger partial charge in [0.2, 0.25) is 0 Å². The molecule has 0 heterocycles. The van der Waals surface area contributed by atoms with E-state index in [-0.39, 0.29) is 0 Å². The fourth-order valence-electron chi connectivity index (χ4n) is 3.82. The number of hydrogen-bond acceptors (Lipinski definition) is 7. The molecule has 0 spiro atoms. The number of ether oxygens (including phenoxy) is 1. The van der Waals surface area contributed by atoms with Gasteiger partial charge in [-0.05, 0) is 107 Å². The molecular weight excluding hydrogens is 412 g/mol. The maximum absolute atomic E-state index is 6.25. The van der Waals surface area contributed by atoms with Crippen molar-refractivity contribution in [1.29, 1.82) is 0 Å². The van der Waals surface area contributed by atoms with Crippen molar-refractivity contribution in [2.75, 3.05) is 59.0 Å². The van der Waals surface area contributed by atoms with Crippen molar-refractivity contribution in [1.82, 2.24) is 15.5 Å². The number of hydrogen-bond donors (Lipinski definition) is 5. The van der Waals surface area contributed by atoms with E-state index in [4.69, 9.17) is 21.9 Å². The van der Waals surface area contributed by atoms with Crippen molar-refractivity contribution in [2.45, 2.75) is 65.5 Å². The summed E-state index contributed by atoms with van der Waals surface area (Å²) in [6.07, 6.45) is 6.44. The van der Waals surface area contributed by atoms with E-state index in [1.807, 2.05) is 0 Å². The smallest absolute Gasteiger partial charge is 0.119 e. The SMILES string of the molecule is CCC(CC)COc1cc(CNCCCNCCCN)cc(CN(CCCN)CCCN)c1. The maximum atomic E-state index is 6.25. The molecule has 8 N–H and O–H groups in total. The van der Waals surface area contributed by atoms with Gasteiger partial charge in [-0.1, -0.05) is 32.8 Å². The Morgan fingerprint density at radius 1 is 0.788 bits per heavy atom. The molecule has 1 rings (SSSR count). The first-order valence-electron chi connectivity index (χ1n) is 13.2. The van der Waals surface area contributed by atoms with Crippen LogP contribution in [0.25, 0.3) is 0 Å². The van der Waals surface area contributed by atoms with Crippen LogP contribution >= 0.6 is 0 Å². The van der Waals surface area contributed by atoms with Crippen molar-refractivity contribution in [2.24, 2.45) is 23.1 Å². The van der Waals surface area contributed by atoms with Gasteiger partial charge in [-0.15, -0.1) is 0 Å². The molecule has 0 saturated carbocycles. The van der Waals surface area contributed by atoms with E-state index >= 15 is 0 Å². The van der Waals surface area contributed by atoms with Gasteiger partial charge in [0, 0.05) is 13.1 Å². The zero-order valence-corrected chi connectivity index (χ0v) is 21.4. The molecule has 0 aliphatic carbocycles. The Kier molecular flexibility index (Phi) is 18.2. The van der Waals surface area contributed by atoms with Crippen molar-refractivity contribution in [3.63, 3.8) is 0 Å². The van der Waals surface area contributed by atoms with E-state index in [1.54, 1.807) is 0 Å². The number of nitrogens with two attached hydrogens (primary N) is 3. The molecule has 0 amide bonds. The Bertz CT molecular complexity index is 574. The van der Waals surface area contributed by atoms with Crippen LogP contribution in [0.15, 0.2) is 18.2 Å². The minimum absolute atomic E-state index is 0.604. The van der Waals surface area contributed by atoms with Gasteiger partial charge in [-0.25, -0.2) is 0 Å². The monoisotopic (exact) mass is 464 g/mol. The zero-order valence-electron chi connectivity index (χ0n) is 21.4. The van der Waals surface area contributed by atoms with E-state index < -0.39 is 0 Å². The Morgan fingerprint density at radius 2 is 1.39 bits per heavy atom. The van der Waals surface area contributed by atoms with Crippen LogP contribution in [0.3, 0.4) is 0 Å². The first-order chi connectivity index (χ1) is 16.2. The van der Waals surface area contributed by atoms with Crippen molar-refractivity contribution in [3.05, 3.63) is 29.3 Å². The van der Waals surface area contributed by atoms with Crippen LogP contribution < -0.4 is 32.6 Å². The van der Waals surface area contributed by atoms with Gasteiger partial charge < -0.3 is 32.6 Å². The van der Waals surface area contributed by atoms with E-state index in [9.17, 15) is 0 Å². The molecule has 1 aromatic carbocycles. The summed E-state index contributed by atoms with van der Waals surface area (Å²) in [7, 11) is 0. The topological polar surface area (TPSA) is 115 Å².